The first-order valence-electron chi connectivity index (χ1n) is 5.02. The van der Waals surface area contributed by atoms with Crippen LogP contribution in [0.3, 0.4) is 0 Å². The quantitative estimate of drug-likeness (QED) is 0.646. The number of hydrogen-bond donors (Lipinski definition) is 2. The maximum Gasteiger partial charge on any atom is 0.0594 e. The van der Waals surface area contributed by atoms with Crippen LogP contribution in [0.5, 0.6) is 0 Å². The van der Waals surface area contributed by atoms with Gasteiger partial charge in [-0.3, -0.25) is 11.3 Å². The Balaban J connectivity index is 2.08. The highest BCUT2D eigenvalue weighted by atomic mass is 32.2. The van der Waals surface area contributed by atoms with Crippen molar-refractivity contribution in [1.82, 2.24) is 5.43 Å². The van der Waals surface area contributed by atoms with E-state index in [9.17, 15) is 0 Å². The van der Waals surface area contributed by atoms with Crippen molar-refractivity contribution in [1.29, 1.82) is 0 Å². The molecule has 2 nitrogen and oxygen atoms in total. The summed E-state index contributed by atoms with van der Waals surface area (Å²) in [6, 6.07) is 2.56. The molecule has 1 aliphatic heterocycles. The first-order chi connectivity index (χ1) is 7.31. The molecule has 1 aromatic rings. The third-order valence-electron chi connectivity index (χ3n) is 2.50. The van der Waals surface area contributed by atoms with Crippen LogP contribution < -0.4 is 11.3 Å². The Morgan fingerprint density at radius 2 is 2.40 bits per heavy atom. The number of thioether (sulfide) groups is 2. The van der Waals surface area contributed by atoms with Crippen molar-refractivity contribution in [3.05, 3.63) is 21.9 Å². The van der Waals surface area contributed by atoms with Gasteiger partial charge in [0.15, 0.2) is 0 Å². The van der Waals surface area contributed by atoms with Crippen molar-refractivity contribution < 1.29 is 0 Å². The summed E-state index contributed by atoms with van der Waals surface area (Å²) in [6.45, 7) is 2.14. The topological polar surface area (TPSA) is 38.0 Å². The molecule has 0 aromatic carbocycles. The minimum atomic E-state index is 0.313. The smallest absolute Gasteiger partial charge is 0.0594 e. The number of nitrogens with one attached hydrogen (secondary N) is 1. The molecule has 2 atom stereocenters. The number of rotatable bonds is 3. The van der Waals surface area contributed by atoms with Crippen LogP contribution in [0.1, 0.15) is 16.5 Å². The third kappa shape index (κ3) is 2.91. The lowest BCUT2D eigenvalue weighted by Gasteiger charge is -2.28. The minimum Gasteiger partial charge on any atom is -0.271 e. The maximum atomic E-state index is 5.68. The Labute approximate surface area is 103 Å². The second-order valence-corrected chi connectivity index (χ2v) is 7.23. The van der Waals surface area contributed by atoms with E-state index in [2.05, 4.69) is 23.8 Å². The average Bonchev–Trinajstić information content (AvgIpc) is 2.68. The molecule has 1 saturated heterocycles. The van der Waals surface area contributed by atoms with Crippen LogP contribution in [0.4, 0.5) is 0 Å². The fourth-order valence-corrected chi connectivity index (χ4v) is 5.34. The molecular weight excluding hydrogens is 244 g/mol. The highest BCUT2D eigenvalue weighted by Gasteiger charge is 2.25. The fraction of sp³-hybridized carbons (Fsp3) is 0.600. The van der Waals surface area contributed by atoms with Crippen LogP contribution in [-0.4, -0.2) is 22.5 Å². The van der Waals surface area contributed by atoms with E-state index in [0.29, 0.717) is 11.3 Å². The molecule has 1 aromatic heterocycles. The van der Waals surface area contributed by atoms with Gasteiger partial charge in [0.25, 0.3) is 0 Å². The summed E-state index contributed by atoms with van der Waals surface area (Å²) < 4.78 is 0. The average molecular weight is 260 g/mol. The number of aryl methyl sites for hydroxylation is 1. The first-order valence-corrected chi connectivity index (χ1v) is 8.10. The van der Waals surface area contributed by atoms with Crippen molar-refractivity contribution in [2.45, 2.75) is 18.2 Å². The SMILES string of the molecule is Cc1cc(C(NN)C2CSCCS2)cs1. The van der Waals surface area contributed by atoms with Gasteiger partial charge in [0, 0.05) is 27.4 Å². The van der Waals surface area contributed by atoms with Gasteiger partial charge in [-0.25, -0.2) is 0 Å². The summed E-state index contributed by atoms with van der Waals surface area (Å²) in [7, 11) is 0. The predicted octanol–water partition coefficient (Wildman–Crippen LogP) is 2.41. The summed E-state index contributed by atoms with van der Waals surface area (Å²) >= 11 is 5.88. The van der Waals surface area contributed by atoms with Gasteiger partial charge in [-0.2, -0.15) is 23.5 Å². The van der Waals surface area contributed by atoms with Gasteiger partial charge in [-0.15, -0.1) is 11.3 Å². The monoisotopic (exact) mass is 260 g/mol. The standard InChI is InChI=1S/C10H16N2S3/c1-7-4-8(5-15-7)10(12-11)9-6-13-2-3-14-9/h4-5,9-10,12H,2-3,6,11H2,1H3. The second-order valence-electron chi connectivity index (χ2n) is 3.62. The van der Waals surface area contributed by atoms with Crippen molar-refractivity contribution in [3.63, 3.8) is 0 Å². The van der Waals surface area contributed by atoms with E-state index in [1.165, 1.54) is 27.7 Å². The molecule has 0 bridgehead atoms. The number of nitrogens with two attached hydrogens (primary N) is 1. The summed E-state index contributed by atoms with van der Waals surface area (Å²) in [5.74, 6) is 9.41. The van der Waals surface area contributed by atoms with Crippen molar-refractivity contribution in [2.24, 2.45) is 5.84 Å². The highest BCUT2D eigenvalue weighted by Crippen LogP contribution is 2.34. The Morgan fingerprint density at radius 3 is 2.93 bits per heavy atom. The lowest BCUT2D eigenvalue weighted by Crippen LogP contribution is -2.37. The molecule has 15 heavy (non-hydrogen) atoms. The van der Waals surface area contributed by atoms with Crippen LogP contribution in [0, 0.1) is 6.92 Å². The molecular formula is C10H16N2S3. The highest BCUT2D eigenvalue weighted by molar-refractivity contribution is 8.06. The molecule has 0 spiro atoms. The largest absolute Gasteiger partial charge is 0.271 e. The van der Waals surface area contributed by atoms with Gasteiger partial charge in [0.1, 0.15) is 0 Å². The van der Waals surface area contributed by atoms with E-state index in [4.69, 9.17) is 5.84 Å². The Bertz CT molecular complexity index is 307. The summed E-state index contributed by atoms with van der Waals surface area (Å²) in [5.41, 5.74) is 4.32. The van der Waals surface area contributed by atoms with Gasteiger partial charge in [0.2, 0.25) is 0 Å². The summed E-state index contributed by atoms with van der Waals surface area (Å²) in [5, 5.41) is 2.84. The van der Waals surface area contributed by atoms with Crippen molar-refractivity contribution in [2.75, 3.05) is 17.3 Å². The van der Waals surface area contributed by atoms with Crippen molar-refractivity contribution >= 4 is 34.9 Å². The molecule has 0 saturated carbocycles. The number of hydrogen-bond acceptors (Lipinski definition) is 5. The Kier molecular flexibility index (Phi) is 4.40. The molecule has 3 N–H and O–H groups in total. The normalized spacial score (nSPS) is 24.0. The molecule has 2 unspecified atom stereocenters. The lowest BCUT2D eigenvalue weighted by molar-refractivity contribution is 0.554. The van der Waals surface area contributed by atoms with E-state index in [1.54, 1.807) is 11.3 Å². The maximum absolute atomic E-state index is 5.68. The van der Waals surface area contributed by atoms with Gasteiger partial charge in [-0.05, 0) is 23.9 Å². The van der Waals surface area contributed by atoms with Gasteiger partial charge < -0.3 is 0 Å². The number of hydrazine groups is 1. The van der Waals surface area contributed by atoms with E-state index < -0.39 is 0 Å². The predicted molar refractivity (Wildman–Crippen MR) is 72.7 cm³/mol. The van der Waals surface area contributed by atoms with Crippen molar-refractivity contribution in [3.8, 4) is 0 Å². The summed E-state index contributed by atoms with van der Waals surface area (Å²) in [4.78, 5) is 1.36. The fourth-order valence-electron chi connectivity index (χ4n) is 1.74. The van der Waals surface area contributed by atoms with E-state index in [-0.39, 0.29) is 0 Å². The van der Waals surface area contributed by atoms with Gasteiger partial charge in [0.05, 0.1) is 6.04 Å². The minimum absolute atomic E-state index is 0.313. The second kappa shape index (κ2) is 5.59. The van der Waals surface area contributed by atoms with E-state index in [0.717, 1.165) is 0 Å². The van der Waals surface area contributed by atoms with Crippen LogP contribution in [0.25, 0.3) is 0 Å². The van der Waals surface area contributed by atoms with Crippen LogP contribution in [-0.2, 0) is 0 Å². The molecule has 1 fully saturated rings. The Morgan fingerprint density at radius 1 is 1.53 bits per heavy atom. The van der Waals surface area contributed by atoms with Gasteiger partial charge in [-0.1, -0.05) is 0 Å². The van der Waals surface area contributed by atoms with Crippen LogP contribution in [0.15, 0.2) is 11.4 Å². The molecule has 2 rings (SSSR count). The van der Waals surface area contributed by atoms with Crippen LogP contribution in [0.2, 0.25) is 0 Å². The van der Waals surface area contributed by atoms with Crippen LogP contribution >= 0.6 is 34.9 Å². The molecule has 0 amide bonds. The zero-order chi connectivity index (χ0) is 10.7. The molecule has 2 heterocycles. The molecule has 0 radical (unpaired) electrons. The zero-order valence-corrected chi connectivity index (χ0v) is 11.2. The lowest BCUT2D eigenvalue weighted by atomic mass is 10.1. The first kappa shape index (κ1) is 11.8. The summed E-state index contributed by atoms with van der Waals surface area (Å²) in [6.07, 6.45) is 0. The Hall–Kier alpha value is 0.320. The number of thiophene rings is 1. The molecule has 1 aliphatic rings. The van der Waals surface area contributed by atoms with Gasteiger partial charge >= 0.3 is 0 Å². The van der Waals surface area contributed by atoms with E-state index in [1.807, 2.05) is 23.5 Å². The zero-order valence-electron chi connectivity index (χ0n) is 8.73. The van der Waals surface area contributed by atoms with E-state index >= 15 is 0 Å². The molecule has 84 valence electrons. The third-order valence-corrected chi connectivity index (χ3v) is 6.25. The molecule has 0 aliphatic carbocycles. The molecule has 5 heteroatoms.